The van der Waals surface area contributed by atoms with Crippen LogP contribution in [0, 0.1) is 0 Å². The van der Waals surface area contributed by atoms with E-state index in [0.29, 0.717) is 19.4 Å². The van der Waals surface area contributed by atoms with Crippen molar-refractivity contribution in [3.63, 3.8) is 0 Å². The number of hydrogen-bond donors (Lipinski definition) is 0. The van der Waals surface area contributed by atoms with E-state index in [2.05, 4.69) is 11.7 Å². The Kier molecular flexibility index (Phi) is 30.3. The van der Waals surface area contributed by atoms with Gasteiger partial charge in [0, 0.05) is 12.8 Å². The van der Waals surface area contributed by atoms with Gasteiger partial charge in [0.1, 0.15) is 0 Å². The summed E-state index contributed by atoms with van der Waals surface area (Å²) < 4.78 is 10.00. The molecule has 0 aromatic heterocycles. The standard InChI is InChI=1S/C33H64O4/c1-3-4-5-25-28-31-37-33(35)30-27-24-22-20-18-16-14-12-10-8-6-7-9-11-13-15-17-19-21-23-26-29-32(34)36-2/h3-31H2,1-2H3. The number of carbonyl (C=O) groups is 2. The summed E-state index contributed by atoms with van der Waals surface area (Å²) in [5.74, 6) is -0.0643. The molecule has 0 saturated carbocycles. The van der Waals surface area contributed by atoms with Crippen LogP contribution in [0.4, 0.5) is 0 Å². The van der Waals surface area contributed by atoms with Crippen molar-refractivity contribution in [3.8, 4) is 0 Å². The van der Waals surface area contributed by atoms with Gasteiger partial charge in [0.2, 0.25) is 0 Å². The number of ether oxygens (including phenoxy) is 2. The SMILES string of the molecule is CCCCCCCOC(=O)CCCCCCCCCCCCCCCCCCCCCCCC(=O)OC. The van der Waals surface area contributed by atoms with Crippen molar-refractivity contribution >= 4 is 11.9 Å². The Bertz CT molecular complexity index is 477. The van der Waals surface area contributed by atoms with Crippen molar-refractivity contribution in [2.75, 3.05) is 13.7 Å². The summed E-state index contributed by atoms with van der Waals surface area (Å²) in [6, 6.07) is 0. The summed E-state index contributed by atoms with van der Waals surface area (Å²) in [6.07, 6.45) is 34.8. The van der Waals surface area contributed by atoms with E-state index >= 15 is 0 Å². The Hall–Kier alpha value is -1.06. The molecule has 0 aromatic carbocycles. The van der Waals surface area contributed by atoms with Gasteiger partial charge in [-0.1, -0.05) is 155 Å². The molecule has 0 bridgehead atoms. The number of unbranched alkanes of at least 4 members (excludes halogenated alkanes) is 24. The lowest BCUT2D eigenvalue weighted by molar-refractivity contribution is -0.144. The minimum atomic E-state index is -0.0711. The maximum absolute atomic E-state index is 11.7. The molecule has 0 aliphatic rings. The first-order chi connectivity index (χ1) is 18.2. The van der Waals surface area contributed by atoms with Crippen molar-refractivity contribution in [1.82, 2.24) is 0 Å². The average Bonchev–Trinajstić information content (AvgIpc) is 2.90. The predicted molar refractivity (Wildman–Crippen MR) is 158 cm³/mol. The van der Waals surface area contributed by atoms with Crippen LogP contribution in [0.25, 0.3) is 0 Å². The molecule has 4 heteroatoms. The van der Waals surface area contributed by atoms with Crippen LogP contribution in [0.5, 0.6) is 0 Å². The van der Waals surface area contributed by atoms with Gasteiger partial charge in [0.05, 0.1) is 13.7 Å². The molecule has 0 rings (SSSR count). The zero-order valence-corrected chi connectivity index (χ0v) is 25.1. The second-order valence-electron chi connectivity index (χ2n) is 11.1. The van der Waals surface area contributed by atoms with Crippen molar-refractivity contribution in [2.24, 2.45) is 0 Å². The van der Waals surface area contributed by atoms with E-state index in [-0.39, 0.29) is 11.9 Å². The molecule has 0 heterocycles. The van der Waals surface area contributed by atoms with Crippen LogP contribution in [0.15, 0.2) is 0 Å². The predicted octanol–water partition coefficient (Wildman–Crippen LogP) is 10.6. The number of rotatable bonds is 30. The molecule has 37 heavy (non-hydrogen) atoms. The van der Waals surface area contributed by atoms with Crippen molar-refractivity contribution in [1.29, 1.82) is 0 Å². The molecule has 4 nitrogen and oxygen atoms in total. The van der Waals surface area contributed by atoms with E-state index in [4.69, 9.17) is 4.74 Å². The molecule has 0 radical (unpaired) electrons. The third-order valence-electron chi connectivity index (χ3n) is 7.50. The van der Waals surface area contributed by atoms with Crippen molar-refractivity contribution < 1.29 is 19.1 Å². The lowest BCUT2D eigenvalue weighted by Gasteiger charge is -2.05. The first kappa shape index (κ1) is 35.9. The molecule has 0 atom stereocenters. The Balaban J connectivity index is 3.11. The largest absolute Gasteiger partial charge is 0.469 e. The first-order valence-electron chi connectivity index (χ1n) is 16.4. The number of methoxy groups -OCH3 is 1. The van der Waals surface area contributed by atoms with Crippen LogP contribution in [0.3, 0.4) is 0 Å². The van der Waals surface area contributed by atoms with Gasteiger partial charge in [0.15, 0.2) is 0 Å². The summed E-state index contributed by atoms with van der Waals surface area (Å²) in [5.41, 5.74) is 0. The van der Waals surface area contributed by atoms with Crippen LogP contribution in [0.1, 0.15) is 187 Å². The van der Waals surface area contributed by atoms with E-state index in [1.54, 1.807) is 0 Å². The lowest BCUT2D eigenvalue weighted by Crippen LogP contribution is -2.05. The quantitative estimate of drug-likeness (QED) is 0.0692. The smallest absolute Gasteiger partial charge is 0.305 e. The van der Waals surface area contributed by atoms with E-state index < -0.39 is 0 Å². The van der Waals surface area contributed by atoms with Gasteiger partial charge < -0.3 is 9.47 Å². The zero-order valence-electron chi connectivity index (χ0n) is 25.1. The van der Waals surface area contributed by atoms with Gasteiger partial charge in [-0.2, -0.15) is 0 Å². The maximum atomic E-state index is 11.7. The van der Waals surface area contributed by atoms with Gasteiger partial charge in [-0.25, -0.2) is 0 Å². The summed E-state index contributed by atoms with van der Waals surface area (Å²) >= 11 is 0. The van der Waals surface area contributed by atoms with Gasteiger partial charge >= 0.3 is 11.9 Å². The summed E-state index contributed by atoms with van der Waals surface area (Å²) in [5, 5.41) is 0. The van der Waals surface area contributed by atoms with Gasteiger partial charge in [-0.15, -0.1) is 0 Å². The zero-order chi connectivity index (χ0) is 27.1. The van der Waals surface area contributed by atoms with Crippen molar-refractivity contribution in [3.05, 3.63) is 0 Å². The van der Waals surface area contributed by atoms with Crippen LogP contribution in [-0.2, 0) is 19.1 Å². The minimum Gasteiger partial charge on any atom is -0.469 e. The average molecular weight is 525 g/mol. The van der Waals surface area contributed by atoms with Gasteiger partial charge in [0.25, 0.3) is 0 Å². The molecule has 0 spiro atoms. The highest BCUT2D eigenvalue weighted by Crippen LogP contribution is 2.15. The molecule has 0 N–H and O–H groups in total. The lowest BCUT2D eigenvalue weighted by atomic mass is 10.0. The Morgan fingerprint density at radius 3 is 1.05 bits per heavy atom. The van der Waals surface area contributed by atoms with Crippen LogP contribution < -0.4 is 0 Å². The highest BCUT2D eigenvalue weighted by Gasteiger charge is 2.03. The summed E-state index contributed by atoms with van der Waals surface area (Å²) in [6.45, 7) is 2.84. The Labute approximate surface area is 231 Å². The third kappa shape index (κ3) is 31.1. The molecule has 0 aliphatic carbocycles. The Morgan fingerprint density at radius 1 is 0.405 bits per heavy atom. The van der Waals surface area contributed by atoms with E-state index in [1.807, 2.05) is 0 Å². The van der Waals surface area contributed by atoms with Crippen molar-refractivity contribution in [2.45, 2.75) is 187 Å². The van der Waals surface area contributed by atoms with Gasteiger partial charge in [-0.05, 0) is 19.3 Å². The van der Waals surface area contributed by atoms with Crippen LogP contribution >= 0.6 is 0 Å². The molecule has 220 valence electrons. The van der Waals surface area contributed by atoms with Crippen LogP contribution in [0.2, 0.25) is 0 Å². The fraction of sp³-hybridized carbons (Fsp3) is 0.939. The normalized spacial score (nSPS) is 11.1. The molecule has 0 unspecified atom stereocenters. The number of carbonyl (C=O) groups excluding carboxylic acids is 2. The van der Waals surface area contributed by atoms with E-state index in [9.17, 15) is 9.59 Å². The number of hydrogen-bond acceptors (Lipinski definition) is 4. The monoisotopic (exact) mass is 524 g/mol. The fourth-order valence-corrected chi connectivity index (χ4v) is 4.96. The topological polar surface area (TPSA) is 52.6 Å². The highest BCUT2D eigenvalue weighted by atomic mass is 16.5. The molecular formula is C33H64O4. The van der Waals surface area contributed by atoms with Crippen LogP contribution in [-0.4, -0.2) is 25.7 Å². The fourth-order valence-electron chi connectivity index (χ4n) is 4.96. The summed E-state index contributed by atoms with van der Waals surface area (Å²) in [4.78, 5) is 22.8. The van der Waals surface area contributed by atoms with E-state index in [1.165, 1.54) is 148 Å². The summed E-state index contributed by atoms with van der Waals surface area (Å²) in [7, 11) is 1.47. The first-order valence-corrected chi connectivity index (χ1v) is 16.4. The highest BCUT2D eigenvalue weighted by molar-refractivity contribution is 5.69. The second-order valence-corrected chi connectivity index (χ2v) is 11.1. The minimum absolute atomic E-state index is 0.00675. The molecular weight excluding hydrogens is 460 g/mol. The molecule has 0 amide bonds. The molecule has 0 aromatic rings. The third-order valence-corrected chi connectivity index (χ3v) is 7.50. The van der Waals surface area contributed by atoms with E-state index in [0.717, 1.165) is 25.7 Å². The molecule has 0 fully saturated rings. The molecule has 0 aliphatic heterocycles. The number of esters is 2. The Morgan fingerprint density at radius 2 is 0.703 bits per heavy atom. The maximum Gasteiger partial charge on any atom is 0.305 e. The second kappa shape index (κ2) is 31.2. The molecule has 0 saturated heterocycles. The van der Waals surface area contributed by atoms with Gasteiger partial charge in [-0.3, -0.25) is 9.59 Å².